The summed E-state index contributed by atoms with van der Waals surface area (Å²) in [6.45, 7) is 0. The summed E-state index contributed by atoms with van der Waals surface area (Å²) >= 11 is 0. The molecule has 2 aliphatic rings. The third-order valence-electron chi connectivity index (χ3n) is 1.28. The second kappa shape index (κ2) is 1.05. The van der Waals surface area contributed by atoms with E-state index in [0.29, 0.717) is 0 Å². The third kappa shape index (κ3) is 0.314. The monoisotopic (exact) mass is 112 g/mol. The molecule has 1 aliphatic heterocycles. The zero-order valence-electron chi connectivity index (χ0n) is 4.03. The van der Waals surface area contributed by atoms with Crippen molar-refractivity contribution >= 4 is 6.16 Å². The fraction of sp³-hybridized carbons (Fsp3) is 0.400. The molecule has 2 rings (SSSR count). The van der Waals surface area contributed by atoms with Crippen molar-refractivity contribution in [3.63, 3.8) is 0 Å². The van der Waals surface area contributed by atoms with Gasteiger partial charge in [0.15, 0.2) is 12.2 Å². The van der Waals surface area contributed by atoms with Crippen LogP contribution in [0.25, 0.3) is 0 Å². The van der Waals surface area contributed by atoms with Crippen LogP contribution in [-0.4, -0.2) is 18.4 Å². The molecule has 1 saturated heterocycles. The fourth-order valence-corrected chi connectivity index (χ4v) is 0.755. The zero-order valence-corrected chi connectivity index (χ0v) is 4.03. The second-order valence-electron chi connectivity index (χ2n) is 1.80. The summed E-state index contributed by atoms with van der Waals surface area (Å²) in [5.41, 5.74) is 0. The zero-order chi connectivity index (χ0) is 5.56. The van der Waals surface area contributed by atoms with E-state index in [2.05, 4.69) is 9.47 Å². The largest absolute Gasteiger partial charge is 0.509 e. The Kier molecular flexibility index (Phi) is 0.516. The number of hydrogen-bond donors (Lipinski definition) is 0. The fourth-order valence-electron chi connectivity index (χ4n) is 0.755. The van der Waals surface area contributed by atoms with E-state index in [1.807, 2.05) is 0 Å². The third-order valence-corrected chi connectivity index (χ3v) is 1.28. The molecule has 0 bridgehead atoms. The minimum atomic E-state index is -0.551. The van der Waals surface area contributed by atoms with Crippen molar-refractivity contribution in [3.05, 3.63) is 12.2 Å². The van der Waals surface area contributed by atoms with Gasteiger partial charge in [0.05, 0.1) is 0 Å². The molecule has 1 aliphatic carbocycles. The number of fused-ring (bicyclic) bond motifs is 1. The number of carbonyl (C=O) groups is 1. The maximum Gasteiger partial charge on any atom is 0.509 e. The maximum absolute atomic E-state index is 10.2. The van der Waals surface area contributed by atoms with Gasteiger partial charge in [-0.15, -0.1) is 0 Å². The first-order valence-corrected chi connectivity index (χ1v) is 2.42. The highest BCUT2D eigenvalue weighted by Crippen LogP contribution is 2.24. The van der Waals surface area contributed by atoms with Crippen molar-refractivity contribution < 1.29 is 14.3 Å². The van der Waals surface area contributed by atoms with Gasteiger partial charge in [0.1, 0.15) is 0 Å². The highest BCUT2D eigenvalue weighted by atomic mass is 16.8. The molecule has 0 saturated carbocycles. The average molecular weight is 112 g/mol. The minimum absolute atomic E-state index is 0.0810. The van der Waals surface area contributed by atoms with Crippen LogP contribution >= 0.6 is 0 Å². The molecule has 1 fully saturated rings. The van der Waals surface area contributed by atoms with Gasteiger partial charge in [-0.25, -0.2) is 4.79 Å². The topological polar surface area (TPSA) is 35.5 Å². The van der Waals surface area contributed by atoms with E-state index in [0.717, 1.165) is 0 Å². The van der Waals surface area contributed by atoms with Gasteiger partial charge in [0.2, 0.25) is 0 Å². The van der Waals surface area contributed by atoms with Crippen molar-refractivity contribution in [2.45, 2.75) is 12.2 Å². The van der Waals surface area contributed by atoms with Crippen LogP contribution in [0, 0.1) is 0 Å². The van der Waals surface area contributed by atoms with Gasteiger partial charge < -0.3 is 9.47 Å². The van der Waals surface area contributed by atoms with Crippen LogP contribution in [0.5, 0.6) is 0 Å². The Morgan fingerprint density at radius 3 is 2.00 bits per heavy atom. The molecule has 8 heavy (non-hydrogen) atoms. The molecule has 2 unspecified atom stereocenters. The summed E-state index contributed by atoms with van der Waals surface area (Å²) in [4.78, 5) is 10.2. The van der Waals surface area contributed by atoms with Crippen LogP contribution in [0.3, 0.4) is 0 Å². The SMILES string of the molecule is O=C1OC2C=CC2O1. The first-order valence-electron chi connectivity index (χ1n) is 2.42. The van der Waals surface area contributed by atoms with Gasteiger partial charge in [0, 0.05) is 0 Å². The molecule has 0 spiro atoms. The summed E-state index contributed by atoms with van der Waals surface area (Å²) in [7, 11) is 0. The lowest BCUT2D eigenvalue weighted by Crippen LogP contribution is -2.25. The van der Waals surface area contributed by atoms with E-state index in [1.54, 1.807) is 12.2 Å². The molecule has 3 nitrogen and oxygen atoms in total. The second-order valence-corrected chi connectivity index (χ2v) is 1.80. The maximum atomic E-state index is 10.2. The number of ether oxygens (including phenoxy) is 2. The highest BCUT2D eigenvalue weighted by molar-refractivity contribution is 5.64. The van der Waals surface area contributed by atoms with Gasteiger partial charge in [-0.2, -0.15) is 0 Å². The Bertz CT molecular complexity index is 145. The summed E-state index contributed by atoms with van der Waals surface area (Å²) < 4.78 is 9.22. The van der Waals surface area contributed by atoms with E-state index in [4.69, 9.17) is 0 Å². The van der Waals surface area contributed by atoms with Crippen molar-refractivity contribution in [2.75, 3.05) is 0 Å². The summed E-state index contributed by atoms with van der Waals surface area (Å²) in [6.07, 6.45) is 2.89. The molecular weight excluding hydrogens is 108 g/mol. The quantitative estimate of drug-likeness (QED) is 0.337. The van der Waals surface area contributed by atoms with Crippen LogP contribution in [-0.2, 0) is 9.47 Å². The number of hydrogen-bond acceptors (Lipinski definition) is 3. The predicted octanol–water partition coefficient (Wildman–Crippen LogP) is 0.460. The minimum Gasteiger partial charge on any atom is -0.422 e. The molecule has 0 aromatic rings. The summed E-state index contributed by atoms with van der Waals surface area (Å²) in [6, 6.07) is 0. The first-order chi connectivity index (χ1) is 3.86. The lowest BCUT2D eigenvalue weighted by molar-refractivity contribution is 0.124. The lowest BCUT2D eigenvalue weighted by Gasteiger charge is -2.14. The van der Waals surface area contributed by atoms with E-state index in [9.17, 15) is 4.79 Å². The van der Waals surface area contributed by atoms with E-state index < -0.39 is 6.16 Å². The molecule has 42 valence electrons. The summed E-state index contributed by atoms with van der Waals surface area (Å²) in [5, 5.41) is 0. The molecule has 0 radical (unpaired) electrons. The highest BCUT2D eigenvalue weighted by Gasteiger charge is 2.38. The molecule has 0 N–H and O–H groups in total. The van der Waals surface area contributed by atoms with E-state index in [1.165, 1.54) is 0 Å². The Balaban J connectivity index is 2.20. The van der Waals surface area contributed by atoms with Crippen LogP contribution in [0.1, 0.15) is 0 Å². The lowest BCUT2D eigenvalue weighted by atomic mass is 10.0. The first kappa shape index (κ1) is 3.95. The van der Waals surface area contributed by atoms with Crippen molar-refractivity contribution in [3.8, 4) is 0 Å². The molecule has 0 aromatic carbocycles. The van der Waals surface area contributed by atoms with Crippen molar-refractivity contribution in [2.24, 2.45) is 0 Å². The molecule has 1 heterocycles. The predicted molar refractivity (Wildman–Crippen MR) is 24.3 cm³/mol. The Labute approximate surface area is 45.9 Å². The van der Waals surface area contributed by atoms with Crippen LogP contribution < -0.4 is 0 Å². The molecular formula is C5H4O3. The Hall–Kier alpha value is -0.990. The standard InChI is InChI=1S/C5H4O3/c6-5-7-3-1-2-4(3)8-5/h1-4H. The van der Waals surface area contributed by atoms with Gasteiger partial charge >= 0.3 is 6.16 Å². The molecule has 0 aromatic heterocycles. The van der Waals surface area contributed by atoms with Gasteiger partial charge in [-0.3, -0.25) is 0 Å². The van der Waals surface area contributed by atoms with Gasteiger partial charge in [0.25, 0.3) is 0 Å². The molecule has 3 heteroatoms. The Morgan fingerprint density at radius 2 is 1.75 bits per heavy atom. The smallest absolute Gasteiger partial charge is 0.422 e. The van der Waals surface area contributed by atoms with Crippen molar-refractivity contribution in [1.82, 2.24) is 0 Å². The normalized spacial score (nSPS) is 39.8. The summed E-state index contributed by atoms with van der Waals surface area (Å²) in [5.74, 6) is 0. The van der Waals surface area contributed by atoms with E-state index >= 15 is 0 Å². The molecule has 0 amide bonds. The van der Waals surface area contributed by atoms with Crippen molar-refractivity contribution in [1.29, 1.82) is 0 Å². The average Bonchev–Trinajstić information content (AvgIpc) is 1.91. The van der Waals surface area contributed by atoms with Crippen LogP contribution in [0.15, 0.2) is 12.2 Å². The van der Waals surface area contributed by atoms with Crippen LogP contribution in [0.2, 0.25) is 0 Å². The van der Waals surface area contributed by atoms with Crippen LogP contribution in [0.4, 0.5) is 4.79 Å². The van der Waals surface area contributed by atoms with Gasteiger partial charge in [-0.05, 0) is 12.2 Å². The Morgan fingerprint density at radius 1 is 1.25 bits per heavy atom. The molecule has 2 atom stereocenters. The number of carbonyl (C=O) groups excluding carboxylic acids is 1. The number of rotatable bonds is 0. The van der Waals surface area contributed by atoms with Gasteiger partial charge in [-0.1, -0.05) is 0 Å². The van der Waals surface area contributed by atoms with E-state index in [-0.39, 0.29) is 12.2 Å².